The van der Waals surface area contributed by atoms with Gasteiger partial charge in [0.25, 0.3) is 0 Å². The molecule has 1 aromatic heterocycles. The Morgan fingerprint density at radius 3 is 2.71 bits per heavy atom. The molecule has 5 nitrogen and oxygen atoms in total. The molecule has 0 amide bonds. The number of hydrogen-bond acceptors (Lipinski definition) is 5. The van der Waals surface area contributed by atoms with Crippen molar-refractivity contribution in [3.63, 3.8) is 0 Å². The Kier molecular flexibility index (Phi) is 4.47. The van der Waals surface area contributed by atoms with Crippen LogP contribution in [0.5, 0.6) is 5.75 Å². The lowest BCUT2D eigenvalue weighted by Crippen LogP contribution is -2.07. The van der Waals surface area contributed by atoms with Gasteiger partial charge in [-0.05, 0) is 31.2 Å². The number of hydrogen-bond donors (Lipinski definition) is 1. The maximum absolute atomic E-state index is 13.7. The van der Waals surface area contributed by atoms with Gasteiger partial charge in [-0.2, -0.15) is 0 Å². The molecule has 0 saturated heterocycles. The lowest BCUT2D eigenvalue weighted by atomic mass is 10.2. The van der Waals surface area contributed by atoms with Crippen LogP contribution in [0.3, 0.4) is 0 Å². The standard InChI is InChI=1S/C15H16FNO4/c1-9(13-6-7-14(21-13)15(18)20-3)17-12-8-10(19-2)4-5-11(12)16/h4-9,17H,1-3H3. The van der Waals surface area contributed by atoms with Crippen LogP contribution in [0.15, 0.2) is 34.7 Å². The molecule has 1 heterocycles. The molecule has 0 saturated carbocycles. The zero-order chi connectivity index (χ0) is 15.4. The lowest BCUT2D eigenvalue weighted by Gasteiger charge is -2.14. The minimum Gasteiger partial charge on any atom is -0.497 e. The lowest BCUT2D eigenvalue weighted by molar-refractivity contribution is 0.0562. The number of carbonyl (C=O) groups is 1. The number of methoxy groups -OCH3 is 2. The van der Waals surface area contributed by atoms with E-state index in [0.717, 1.165) is 0 Å². The maximum atomic E-state index is 13.7. The third kappa shape index (κ3) is 3.34. The molecule has 112 valence electrons. The Hall–Kier alpha value is -2.50. The Morgan fingerprint density at radius 1 is 1.29 bits per heavy atom. The van der Waals surface area contributed by atoms with Gasteiger partial charge in [0, 0.05) is 6.07 Å². The van der Waals surface area contributed by atoms with E-state index in [9.17, 15) is 9.18 Å². The number of esters is 1. The Morgan fingerprint density at radius 2 is 2.05 bits per heavy atom. The van der Waals surface area contributed by atoms with Crippen molar-refractivity contribution >= 4 is 11.7 Å². The molecule has 1 atom stereocenters. The van der Waals surface area contributed by atoms with Gasteiger partial charge in [0.15, 0.2) is 0 Å². The monoisotopic (exact) mass is 293 g/mol. The predicted molar refractivity (Wildman–Crippen MR) is 75.0 cm³/mol. The molecule has 2 aromatic rings. The van der Waals surface area contributed by atoms with Crippen LogP contribution in [0, 0.1) is 5.82 Å². The minimum atomic E-state index is -0.555. The van der Waals surface area contributed by atoms with E-state index in [1.54, 1.807) is 19.1 Å². The third-order valence-electron chi connectivity index (χ3n) is 2.99. The second-order valence-corrected chi connectivity index (χ2v) is 4.41. The van der Waals surface area contributed by atoms with E-state index in [1.807, 2.05) is 0 Å². The zero-order valence-electron chi connectivity index (χ0n) is 12.0. The number of benzene rings is 1. The van der Waals surface area contributed by atoms with Gasteiger partial charge in [-0.25, -0.2) is 9.18 Å². The molecule has 0 radical (unpaired) electrons. The van der Waals surface area contributed by atoms with Gasteiger partial charge in [-0.15, -0.1) is 0 Å². The smallest absolute Gasteiger partial charge is 0.373 e. The fourth-order valence-corrected chi connectivity index (χ4v) is 1.84. The topological polar surface area (TPSA) is 60.7 Å². The SMILES string of the molecule is COC(=O)c1ccc(C(C)Nc2cc(OC)ccc2F)o1. The van der Waals surface area contributed by atoms with Gasteiger partial charge in [0.1, 0.15) is 17.3 Å². The Balaban J connectivity index is 2.16. The number of halogens is 1. The van der Waals surface area contributed by atoms with Crippen LogP contribution in [0.1, 0.15) is 29.3 Å². The molecule has 0 aliphatic rings. The number of rotatable bonds is 5. The molecule has 1 aromatic carbocycles. The highest BCUT2D eigenvalue weighted by Gasteiger charge is 2.16. The molecule has 1 unspecified atom stereocenters. The molecule has 1 N–H and O–H groups in total. The Labute approximate surface area is 121 Å². The molecule has 0 fully saturated rings. The van der Waals surface area contributed by atoms with Crippen LogP contribution < -0.4 is 10.1 Å². The number of furan rings is 1. The molecule has 0 spiro atoms. The van der Waals surface area contributed by atoms with Crippen LogP contribution in [0.4, 0.5) is 10.1 Å². The predicted octanol–water partition coefficient (Wildman–Crippen LogP) is 3.39. The van der Waals surface area contributed by atoms with E-state index in [1.165, 1.54) is 32.4 Å². The molecule has 0 aliphatic carbocycles. The minimum absolute atomic E-state index is 0.104. The summed E-state index contributed by atoms with van der Waals surface area (Å²) in [5, 5.41) is 2.97. The summed E-state index contributed by atoms with van der Waals surface area (Å²) in [5.74, 6) is 0.189. The maximum Gasteiger partial charge on any atom is 0.373 e. The van der Waals surface area contributed by atoms with E-state index < -0.39 is 11.8 Å². The molecular weight excluding hydrogens is 277 g/mol. The van der Waals surface area contributed by atoms with Crippen molar-refractivity contribution in [2.24, 2.45) is 0 Å². The van der Waals surface area contributed by atoms with Crippen molar-refractivity contribution in [2.75, 3.05) is 19.5 Å². The van der Waals surface area contributed by atoms with E-state index in [0.29, 0.717) is 11.5 Å². The average Bonchev–Trinajstić information content (AvgIpc) is 2.98. The normalized spacial score (nSPS) is 11.8. The van der Waals surface area contributed by atoms with Crippen molar-refractivity contribution in [1.82, 2.24) is 0 Å². The molecule has 2 rings (SSSR count). The summed E-state index contributed by atoms with van der Waals surface area (Å²) in [7, 11) is 2.79. The summed E-state index contributed by atoms with van der Waals surface area (Å²) in [5.41, 5.74) is 0.290. The van der Waals surface area contributed by atoms with Crippen LogP contribution in [-0.4, -0.2) is 20.2 Å². The summed E-state index contributed by atoms with van der Waals surface area (Å²) in [6.07, 6.45) is 0. The highest BCUT2D eigenvalue weighted by Crippen LogP contribution is 2.26. The van der Waals surface area contributed by atoms with Crippen LogP contribution >= 0.6 is 0 Å². The number of nitrogens with one attached hydrogen (secondary N) is 1. The van der Waals surface area contributed by atoms with Gasteiger partial charge < -0.3 is 19.2 Å². The van der Waals surface area contributed by atoms with Crippen LogP contribution in [0.2, 0.25) is 0 Å². The van der Waals surface area contributed by atoms with Gasteiger partial charge in [0.05, 0.1) is 25.9 Å². The number of carbonyl (C=O) groups excluding carboxylic acids is 1. The van der Waals surface area contributed by atoms with E-state index in [-0.39, 0.29) is 17.5 Å². The number of ether oxygens (including phenoxy) is 2. The third-order valence-corrected chi connectivity index (χ3v) is 2.99. The highest BCUT2D eigenvalue weighted by molar-refractivity contribution is 5.86. The second kappa shape index (κ2) is 6.30. The molecule has 6 heteroatoms. The van der Waals surface area contributed by atoms with Gasteiger partial charge >= 0.3 is 5.97 Å². The first-order valence-electron chi connectivity index (χ1n) is 6.33. The number of anilines is 1. The van der Waals surface area contributed by atoms with Gasteiger partial charge in [-0.3, -0.25) is 0 Å². The van der Waals surface area contributed by atoms with Crippen molar-refractivity contribution < 1.29 is 23.1 Å². The van der Waals surface area contributed by atoms with Crippen molar-refractivity contribution in [2.45, 2.75) is 13.0 Å². The van der Waals surface area contributed by atoms with Crippen molar-refractivity contribution in [3.05, 3.63) is 47.7 Å². The largest absolute Gasteiger partial charge is 0.497 e. The summed E-state index contributed by atoms with van der Waals surface area (Å²) in [4.78, 5) is 11.3. The first-order valence-corrected chi connectivity index (χ1v) is 6.33. The van der Waals surface area contributed by atoms with E-state index >= 15 is 0 Å². The van der Waals surface area contributed by atoms with Gasteiger partial charge in [-0.1, -0.05) is 0 Å². The first-order chi connectivity index (χ1) is 10.0. The molecule has 21 heavy (non-hydrogen) atoms. The quantitative estimate of drug-likeness (QED) is 0.856. The van der Waals surface area contributed by atoms with Gasteiger partial charge in [0.2, 0.25) is 5.76 Å². The first kappa shape index (κ1) is 14.9. The van der Waals surface area contributed by atoms with E-state index in [2.05, 4.69) is 10.1 Å². The zero-order valence-corrected chi connectivity index (χ0v) is 12.0. The molecular formula is C15H16FNO4. The molecule has 0 bridgehead atoms. The summed E-state index contributed by atoms with van der Waals surface area (Å²) in [6, 6.07) is 7.23. The second-order valence-electron chi connectivity index (χ2n) is 4.41. The fraction of sp³-hybridized carbons (Fsp3) is 0.267. The van der Waals surface area contributed by atoms with Crippen LogP contribution in [-0.2, 0) is 4.74 Å². The van der Waals surface area contributed by atoms with Crippen molar-refractivity contribution in [1.29, 1.82) is 0 Å². The summed E-state index contributed by atoms with van der Waals surface area (Å²) >= 11 is 0. The van der Waals surface area contributed by atoms with E-state index in [4.69, 9.17) is 9.15 Å². The average molecular weight is 293 g/mol. The van der Waals surface area contributed by atoms with Crippen LogP contribution in [0.25, 0.3) is 0 Å². The summed E-state index contributed by atoms with van der Waals surface area (Å²) in [6.45, 7) is 1.79. The fourth-order valence-electron chi connectivity index (χ4n) is 1.84. The Bertz CT molecular complexity index is 638. The van der Waals surface area contributed by atoms with Crippen molar-refractivity contribution in [3.8, 4) is 5.75 Å². The summed E-state index contributed by atoms with van der Waals surface area (Å²) < 4.78 is 28.7. The molecule has 0 aliphatic heterocycles. The highest BCUT2D eigenvalue weighted by atomic mass is 19.1.